The topological polar surface area (TPSA) is 80.5 Å². The van der Waals surface area contributed by atoms with E-state index in [1.54, 1.807) is 0 Å². The van der Waals surface area contributed by atoms with Gasteiger partial charge in [-0.15, -0.1) is 0 Å². The number of halogens is 1. The minimum atomic E-state index is 0.128. The van der Waals surface area contributed by atoms with Crippen LogP contribution in [0.5, 0.6) is 0 Å². The maximum atomic E-state index is 5.58. The van der Waals surface area contributed by atoms with Crippen LogP contribution in [-0.4, -0.2) is 19.9 Å². The lowest BCUT2D eigenvalue weighted by Gasteiger charge is -1.92. The Hall–Kier alpha value is -1.36. The van der Waals surface area contributed by atoms with Gasteiger partial charge in [0.1, 0.15) is 11.3 Å². The highest BCUT2D eigenvalue weighted by molar-refractivity contribution is 6.28. The molecule has 0 saturated carbocycles. The summed E-state index contributed by atoms with van der Waals surface area (Å²) in [4.78, 5) is 14.7. The normalized spacial score (nSPS) is 10.8. The first-order valence-corrected chi connectivity index (χ1v) is 3.70. The molecular formula is C6H6ClN5. The number of nitrogens with two attached hydrogens (primary N) is 1. The number of hydrogen-bond acceptors (Lipinski definition) is 4. The van der Waals surface area contributed by atoms with Gasteiger partial charge in [-0.05, 0) is 18.5 Å². The number of nitrogen functional groups attached to an aromatic ring is 1. The van der Waals surface area contributed by atoms with Crippen LogP contribution in [0.4, 0.5) is 5.82 Å². The first-order valence-electron chi connectivity index (χ1n) is 3.32. The van der Waals surface area contributed by atoms with E-state index in [1.165, 1.54) is 0 Å². The van der Waals surface area contributed by atoms with E-state index >= 15 is 0 Å². The molecule has 0 radical (unpaired) electrons. The van der Waals surface area contributed by atoms with Crippen LogP contribution in [0.3, 0.4) is 0 Å². The number of H-pyrrole nitrogens is 1. The second kappa shape index (κ2) is 2.31. The van der Waals surface area contributed by atoms with E-state index in [0.717, 1.165) is 5.82 Å². The van der Waals surface area contributed by atoms with Gasteiger partial charge in [0.05, 0.1) is 0 Å². The highest BCUT2D eigenvalue weighted by Crippen LogP contribution is 2.16. The number of anilines is 1. The molecule has 0 spiro atoms. The van der Waals surface area contributed by atoms with Gasteiger partial charge in [-0.3, -0.25) is 0 Å². The molecule has 3 N–H and O–H groups in total. The number of aromatic nitrogens is 4. The zero-order chi connectivity index (χ0) is 8.72. The lowest BCUT2D eigenvalue weighted by atomic mass is 10.5. The van der Waals surface area contributed by atoms with E-state index in [2.05, 4.69) is 19.9 Å². The van der Waals surface area contributed by atoms with E-state index in [1.807, 2.05) is 6.92 Å². The second-order valence-corrected chi connectivity index (χ2v) is 2.74. The summed E-state index contributed by atoms with van der Waals surface area (Å²) in [6.45, 7) is 1.81. The number of rotatable bonds is 0. The average molecular weight is 184 g/mol. The van der Waals surface area contributed by atoms with Crippen molar-refractivity contribution in [1.29, 1.82) is 0 Å². The van der Waals surface area contributed by atoms with Gasteiger partial charge < -0.3 is 10.7 Å². The lowest BCUT2D eigenvalue weighted by Crippen LogP contribution is -1.94. The molecule has 0 aromatic carbocycles. The van der Waals surface area contributed by atoms with Crippen LogP contribution in [0, 0.1) is 6.92 Å². The number of aryl methyl sites for hydroxylation is 1. The van der Waals surface area contributed by atoms with Crippen LogP contribution >= 0.6 is 11.6 Å². The Morgan fingerprint density at radius 3 is 2.83 bits per heavy atom. The van der Waals surface area contributed by atoms with Gasteiger partial charge in [-0.25, -0.2) is 4.98 Å². The van der Waals surface area contributed by atoms with Crippen LogP contribution in [0.25, 0.3) is 11.2 Å². The van der Waals surface area contributed by atoms with Crippen LogP contribution in [-0.2, 0) is 0 Å². The van der Waals surface area contributed by atoms with Crippen LogP contribution in [0.2, 0.25) is 5.28 Å². The summed E-state index contributed by atoms with van der Waals surface area (Å²) in [5.74, 6) is 1.04. The van der Waals surface area contributed by atoms with Gasteiger partial charge in [0.2, 0.25) is 5.28 Å². The van der Waals surface area contributed by atoms with Gasteiger partial charge in [-0.2, -0.15) is 9.97 Å². The van der Waals surface area contributed by atoms with Crippen molar-refractivity contribution in [1.82, 2.24) is 19.9 Å². The Morgan fingerprint density at radius 1 is 1.33 bits per heavy atom. The lowest BCUT2D eigenvalue weighted by molar-refractivity contribution is 1.16. The molecule has 2 rings (SSSR count). The SMILES string of the molecule is Cc1nc2c(N)nc(Cl)nc2[nH]1. The fourth-order valence-corrected chi connectivity index (χ4v) is 1.18. The number of hydrogen-bond donors (Lipinski definition) is 2. The summed E-state index contributed by atoms with van der Waals surface area (Å²) in [5.41, 5.74) is 6.69. The number of nitrogens with zero attached hydrogens (tertiary/aromatic N) is 3. The van der Waals surface area contributed by atoms with Gasteiger partial charge >= 0.3 is 0 Å². The van der Waals surface area contributed by atoms with E-state index in [9.17, 15) is 0 Å². The first kappa shape index (κ1) is 7.30. The Bertz CT molecular complexity index is 435. The molecule has 5 nitrogen and oxygen atoms in total. The maximum Gasteiger partial charge on any atom is 0.226 e. The minimum absolute atomic E-state index is 0.128. The standard InChI is InChI=1S/C6H6ClN5/c1-2-9-3-4(8)11-6(7)12-5(3)10-2/h1H3,(H3,8,9,10,11,12). The van der Waals surface area contributed by atoms with Crippen LogP contribution in [0.15, 0.2) is 0 Å². The third-order valence-corrected chi connectivity index (χ3v) is 1.63. The van der Waals surface area contributed by atoms with Crippen LogP contribution < -0.4 is 5.73 Å². The molecule has 0 aliphatic heterocycles. The molecule has 0 aliphatic rings. The van der Waals surface area contributed by atoms with Gasteiger partial charge in [-0.1, -0.05) is 0 Å². The smallest absolute Gasteiger partial charge is 0.226 e. The predicted octanol–water partition coefficient (Wildman–Crippen LogP) is 0.897. The summed E-state index contributed by atoms with van der Waals surface area (Å²) in [7, 11) is 0. The highest BCUT2D eigenvalue weighted by atomic mass is 35.5. The molecule has 0 aliphatic carbocycles. The van der Waals surface area contributed by atoms with Crippen LogP contribution in [0.1, 0.15) is 5.82 Å². The van der Waals surface area contributed by atoms with Crippen molar-refractivity contribution in [3.63, 3.8) is 0 Å². The quantitative estimate of drug-likeness (QED) is 0.595. The molecule has 12 heavy (non-hydrogen) atoms. The molecule has 0 fully saturated rings. The molecule has 0 amide bonds. The maximum absolute atomic E-state index is 5.58. The zero-order valence-corrected chi connectivity index (χ0v) is 7.05. The van der Waals surface area contributed by atoms with Crippen molar-refractivity contribution < 1.29 is 0 Å². The summed E-state index contributed by atoms with van der Waals surface area (Å²) in [6.07, 6.45) is 0. The van der Waals surface area contributed by atoms with Crippen molar-refractivity contribution >= 4 is 28.6 Å². The fraction of sp³-hybridized carbons (Fsp3) is 0.167. The third kappa shape index (κ3) is 0.984. The Kier molecular flexibility index (Phi) is 1.41. The van der Waals surface area contributed by atoms with Crippen molar-refractivity contribution in [3.8, 4) is 0 Å². The monoisotopic (exact) mass is 183 g/mol. The Labute approximate surface area is 73.0 Å². The summed E-state index contributed by atoms with van der Waals surface area (Å²) in [5, 5.41) is 0.128. The van der Waals surface area contributed by atoms with Gasteiger partial charge in [0, 0.05) is 0 Å². The van der Waals surface area contributed by atoms with Crippen molar-refractivity contribution in [2.75, 3.05) is 5.73 Å². The predicted molar refractivity (Wildman–Crippen MR) is 45.8 cm³/mol. The van der Waals surface area contributed by atoms with E-state index in [4.69, 9.17) is 17.3 Å². The first-order chi connectivity index (χ1) is 5.66. The average Bonchev–Trinajstić information content (AvgIpc) is 2.29. The summed E-state index contributed by atoms with van der Waals surface area (Å²) in [6, 6.07) is 0. The van der Waals surface area contributed by atoms with E-state index in [0.29, 0.717) is 17.0 Å². The van der Waals surface area contributed by atoms with Gasteiger partial charge in [0.15, 0.2) is 11.5 Å². The van der Waals surface area contributed by atoms with E-state index < -0.39 is 0 Å². The minimum Gasteiger partial charge on any atom is -0.382 e. The zero-order valence-electron chi connectivity index (χ0n) is 6.30. The number of fused-ring (bicyclic) bond motifs is 1. The molecule has 6 heteroatoms. The molecule has 0 saturated heterocycles. The second-order valence-electron chi connectivity index (χ2n) is 2.40. The molecule has 0 bridgehead atoms. The van der Waals surface area contributed by atoms with E-state index in [-0.39, 0.29) is 5.28 Å². The molecule has 2 aromatic heterocycles. The number of aromatic amines is 1. The Balaban J connectivity index is 2.88. The van der Waals surface area contributed by atoms with Crippen molar-refractivity contribution in [3.05, 3.63) is 11.1 Å². The molecule has 62 valence electrons. The summed E-state index contributed by atoms with van der Waals surface area (Å²) >= 11 is 5.58. The summed E-state index contributed by atoms with van der Waals surface area (Å²) < 4.78 is 0. The van der Waals surface area contributed by atoms with Crippen molar-refractivity contribution in [2.45, 2.75) is 6.92 Å². The molecule has 2 aromatic rings. The molecular weight excluding hydrogens is 178 g/mol. The number of imidazole rings is 1. The van der Waals surface area contributed by atoms with Gasteiger partial charge in [0.25, 0.3) is 0 Å². The highest BCUT2D eigenvalue weighted by Gasteiger charge is 2.06. The Morgan fingerprint density at radius 2 is 2.08 bits per heavy atom. The fourth-order valence-electron chi connectivity index (χ4n) is 1.01. The molecule has 2 heterocycles. The largest absolute Gasteiger partial charge is 0.382 e. The van der Waals surface area contributed by atoms with Crippen molar-refractivity contribution in [2.24, 2.45) is 0 Å². The molecule has 0 atom stereocenters. The molecule has 0 unspecified atom stereocenters. The third-order valence-electron chi connectivity index (χ3n) is 1.46. The number of nitrogens with one attached hydrogen (secondary N) is 1.